The lowest BCUT2D eigenvalue weighted by molar-refractivity contribution is 0.130. The summed E-state index contributed by atoms with van der Waals surface area (Å²) in [6.45, 7) is 11.7. The Kier molecular flexibility index (Phi) is 9.42. The quantitative estimate of drug-likeness (QED) is 0.579. The van der Waals surface area contributed by atoms with Crippen LogP contribution in [0.25, 0.3) is 0 Å². The fourth-order valence-electron chi connectivity index (χ4n) is 1.52. The average Bonchev–Trinajstić information content (AvgIpc) is 2.10. The highest BCUT2D eigenvalue weighted by Crippen LogP contribution is 2.02. The molecular weight excluding hydrogens is 174 g/mol. The largest absolute Gasteiger partial charge is 0.380 e. The van der Waals surface area contributed by atoms with Crippen LogP contribution in [-0.2, 0) is 4.74 Å². The minimum absolute atomic E-state index is 0.616. The second kappa shape index (κ2) is 9.47. The van der Waals surface area contributed by atoms with Gasteiger partial charge in [-0.25, -0.2) is 0 Å². The minimum Gasteiger partial charge on any atom is -0.380 e. The number of rotatable bonds is 9. The summed E-state index contributed by atoms with van der Waals surface area (Å²) in [5, 5.41) is 3.47. The SMILES string of the molecule is CCCCOCCNC(C)CC(C)C. The fraction of sp³-hybridized carbons (Fsp3) is 1.00. The molecule has 1 N–H and O–H groups in total. The molecule has 0 spiro atoms. The fourth-order valence-corrected chi connectivity index (χ4v) is 1.52. The Morgan fingerprint density at radius 2 is 1.86 bits per heavy atom. The van der Waals surface area contributed by atoms with E-state index < -0.39 is 0 Å². The van der Waals surface area contributed by atoms with Crippen molar-refractivity contribution in [2.75, 3.05) is 19.8 Å². The summed E-state index contributed by atoms with van der Waals surface area (Å²) in [5.41, 5.74) is 0. The number of ether oxygens (including phenoxy) is 1. The summed E-state index contributed by atoms with van der Waals surface area (Å²) in [4.78, 5) is 0. The van der Waals surface area contributed by atoms with E-state index in [-0.39, 0.29) is 0 Å². The molecule has 0 radical (unpaired) electrons. The number of nitrogens with one attached hydrogen (secondary N) is 1. The molecule has 0 saturated heterocycles. The van der Waals surface area contributed by atoms with Gasteiger partial charge in [-0.3, -0.25) is 0 Å². The summed E-state index contributed by atoms with van der Waals surface area (Å²) in [7, 11) is 0. The molecule has 86 valence electrons. The molecule has 0 aromatic rings. The molecule has 0 saturated carbocycles. The standard InChI is InChI=1S/C12H27NO/c1-5-6-8-14-9-7-13-12(4)10-11(2)3/h11-13H,5-10H2,1-4H3. The van der Waals surface area contributed by atoms with Crippen LogP contribution in [0.4, 0.5) is 0 Å². The van der Waals surface area contributed by atoms with Gasteiger partial charge in [0.15, 0.2) is 0 Å². The Hall–Kier alpha value is -0.0800. The molecule has 1 unspecified atom stereocenters. The van der Waals surface area contributed by atoms with Gasteiger partial charge in [-0.2, -0.15) is 0 Å². The van der Waals surface area contributed by atoms with Gasteiger partial charge in [-0.15, -0.1) is 0 Å². The third kappa shape index (κ3) is 10.0. The smallest absolute Gasteiger partial charge is 0.0590 e. The summed E-state index contributed by atoms with van der Waals surface area (Å²) in [6.07, 6.45) is 3.65. The van der Waals surface area contributed by atoms with Crippen LogP contribution in [-0.4, -0.2) is 25.8 Å². The monoisotopic (exact) mass is 201 g/mol. The predicted molar refractivity (Wildman–Crippen MR) is 62.6 cm³/mol. The second-order valence-electron chi connectivity index (χ2n) is 4.45. The molecule has 2 nitrogen and oxygen atoms in total. The zero-order chi connectivity index (χ0) is 10.8. The van der Waals surface area contributed by atoms with Gasteiger partial charge < -0.3 is 10.1 Å². The van der Waals surface area contributed by atoms with Gasteiger partial charge in [0.05, 0.1) is 6.61 Å². The zero-order valence-corrected chi connectivity index (χ0v) is 10.3. The number of hydrogen-bond acceptors (Lipinski definition) is 2. The molecule has 0 bridgehead atoms. The molecule has 0 aliphatic heterocycles. The van der Waals surface area contributed by atoms with Crippen molar-refractivity contribution in [3.63, 3.8) is 0 Å². The van der Waals surface area contributed by atoms with Gasteiger partial charge in [0.2, 0.25) is 0 Å². The molecule has 14 heavy (non-hydrogen) atoms. The molecule has 0 rings (SSSR count). The number of unbranched alkanes of at least 4 members (excludes halogenated alkanes) is 1. The molecule has 1 atom stereocenters. The maximum absolute atomic E-state index is 5.47. The van der Waals surface area contributed by atoms with Crippen molar-refractivity contribution in [1.29, 1.82) is 0 Å². The van der Waals surface area contributed by atoms with E-state index in [1.807, 2.05) is 0 Å². The van der Waals surface area contributed by atoms with Crippen LogP contribution in [0.15, 0.2) is 0 Å². The molecule has 0 heterocycles. The lowest BCUT2D eigenvalue weighted by Gasteiger charge is -2.15. The molecule has 0 aliphatic rings. The van der Waals surface area contributed by atoms with E-state index >= 15 is 0 Å². The van der Waals surface area contributed by atoms with Crippen molar-refractivity contribution in [2.45, 2.75) is 53.0 Å². The van der Waals surface area contributed by atoms with E-state index in [1.165, 1.54) is 19.3 Å². The first-order valence-electron chi connectivity index (χ1n) is 5.98. The first-order chi connectivity index (χ1) is 6.66. The van der Waals surface area contributed by atoms with Crippen molar-refractivity contribution < 1.29 is 4.74 Å². The Balaban J connectivity index is 3.10. The zero-order valence-electron chi connectivity index (χ0n) is 10.3. The van der Waals surface area contributed by atoms with Crippen molar-refractivity contribution in [3.05, 3.63) is 0 Å². The average molecular weight is 201 g/mol. The maximum atomic E-state index is 5.47. The van der Waals surface area contributed by atoms with Crippen molar-refractivity contribution in [1.82, 2.24) is 5.32 Å². The van der Waals surface area contributed by atoms with Gasteiger partial charge in [-0.1, -0.05) is 27.2 Å². The van der Waals surface area contributed by atoms with E-state index in [4.69, 9.17) is 4.74 Å². The summed E-state index contributed by atoms with van der Waals surface area (Å²) in [5.74, 6) is 0.776. The van der Waals surface area contributed by atoms with Crippen LogP contribution in [0.1, 0.15) is 47.0 Å². The summed E-state index contributed by atoms with van der Waals surface area (Å²) >= 11 is 0. The summed E-state index contributed by atoms with van der Waals surface area (Å²) < 4.78 is 5.47. The Labute approximate surface area is 89.4 Å². The molecule has 0 amide bonds. The van der Waals surface area contributed by atoms with Crippen LogP contribution in [0.5, 0.6) is 0 Å². The third-order valence-electron chi connectivity index (χ3n) is 2.21. The lowest BCUT2D eigenvalue weighted by atomic mass is 10.1. The minimum atomic E-state index is 0.616. The van der Waals surface area contributed by atoms with E-state index in [0.29, 0.717) is 6.04 Å². The Bertz CT molecular complexity index is 115. The van der Waals surface area contributed by atoms with E-state index in [0.717, 1.165) is 25.7 Å². The number of hydrogen-bond donors (Lipinski definition) is 1. The van der Waals surface area contributed by atoms with Gasteiger partial charge >= 0.3 is 0 Å². The van der Waals surface area contributed by atoms with Crippen LogP contribution in [0.3, 0.4) is 0 Å². The highest BCUT2D eigenvalue weighted by molar-refractivity contribution is 4.62. The van der Waals surface area contributed by atoms with Crippen LogP contribution in [0.2, 0.25) is 0 Å². The first-order valence-corrected chi connectivity index (χ1v) is 5.98. The molecule has 0 aliphatic carbocycles. The van der Waals surface area contributed by atoms with Gasteiger partial charge in [0, 0.05) is 19.2 Å². The first kappa shape index (κ1) is 13.9. The van der Waals surface area contributed by atoms with Gasteiger partial charge in [0.1, 0.15) is 0 Å². The van der Waals surface area contributed by atoms with Crippen molar-refractivity contribution >= 4 is 0 Å². The van der Waals surface area contributed by atoms with Crippen molar-refractivity contribution in [3.8, 4) is 0 Å². The highest BCUT2D eigenvalue weighted by atomic mass is 16.5. The van der Waals surface area contributed by atoms with E-state index in [1.54, 1.807) is 0 Å². The topological polar surface area (TPSA) is 21.3 Å². The van der Waals surface area contributed by atoms with Crippen LogP contribution < -0.4 is 5.32 Å². The van der Waals surface area contributed by atoms with Gasteiger partial charge in [0.25, 0.3) is 0 Å². The van der Waals surface area contributed by atoms with E-state index in [2.05, 4.69) is 33.0 Å². The maximum Gasteiger partial charge on any atom is 0.0590 e. The second-order valence-corrected chi connectivity index (χ2v) is 4.45. The lowest BCUT2D eigenvalue weighted by Crippen LogP contribution is -2.30. The molecule has 0 fully saturated rings. The Morgan fingerprint density at radius 3 is 2.43 bits per heavy atom. The van der Waals surface area contributed by atoms with Gasteiger partial charge in [-0.05, 0) is 25.7 Å². The van der Waals surface area contributed by atoms with Crippen LogP contribution in [0, 0.1) is 5.92 Å². The summed E-state index contributed by atoms with van der Waals surface area (Å²) in [6, 6.07) is 0.616. The van der Waals surface area contributed by atoms with Crippen LogP contribution >= 0.6 is 0 Å². The molecular formula is C12H27NO. The normalized spacial score (nSPS) is 13.5. The highest BCUT2D eigenvalue weighted by Gasteiger charge is 2.02. The van der Waals surface area contributed by atoms with E-state index in [9.17, 15) is 0 Å². The molecule has 0 aromatic heterocycles. The van der Waals surface area contributed by atoms with Crippen molar-refractivity contribution in [2.24, 2.45) is 5.92 Å². The predicted octanol–water partition coefficient (Wildman–Crippen LogP) is 2.83. The molecule has 2 heteroatoms. The molecule has 0 aromatic carbocycles. The third-order valence-corrected chi connectivity index (χ3v) is 2.21. The Morgan fingerprint density at radius 1 is 1.14 bits per heavy atom.